The second kappa shape index (κ2) is 3.30. The summed E-state index contributed by atoms with van der Waals surface area (Å²) in [5.41, 5.74) is 0. The van der Waals surface area contributed by atoms with Crippen molar-refractivity contribution in [1.82, 2.24) is 0 Å². The van der Waals surface area contributed by atoms with E-state index >= 15 is 0 Å². The van der Waals surface area contributed by atoms with Crippen molar-refractivity contribution in [3.63, 3.8) is 0 Å². The summed E-state index contributed by atoms with van der Waals surface area (Å²) in [5, 5.41) is 26.6. The summed E-state index contributed by atoms with van der Waals surface area (Å²) in [6.07, 6.45) is -1.12. The summed E-state index contributed by atoms with van der Waals surface area (Å²) < 4.78 is 4.80. The smallest absolute Gasteiger partial charge is 0.155 e. The van der Waals surface area contributed by atoms with E-state index in [1.165, 1.54) is 0 Å². The standard InChI is InChI=1S/C6H12O4/c7-3-5-4(8)1-2-6(9)10-5/h4-9H,1-3H2/t4-,5?,6-/m0/s1. The normalized spacial score (nSPS) is 41.7. The van der Waals surface area contributed by atoms with E-state index in [4.69, 9.17) is 20.1 Å². The van der Waals surface area contributed by atoms with Crippen molar-refractivity contribution in [1.29, 1.82) is 0 Å². The van der Waals surface area contributed by atoms with Crippen LogP contribution in [0.2, 0.25) is 0 Å². The molecule has 0 bridgehead atoms. The molecular formula is C6H12O4. The number of aliphatic hydroxyl groups excluding tert-OH is 3. The molecule has 0 radical (unpaired) electrons. The average molecular weight is 148 g/mol. The van der Waals surface area contributed by atoms with Crippen LogP contribution in [0.1, 0.15) is 12.8 Å². The lowest BCUT2D eigenvalue weighted by Gasteiger charge is -2.29. The molecule has 1 aliphatic heterocycles. The largest absolute Gasteiger partial charge is 0.394 e. The van der Waals surface area contributed by atoms with Crippen molar-refractivity contribution in [2.75, 3.05) is 6.61 Å². The molecule has 4 nitrogen and oxygen atoms in total. The van der Waals surface area contributed by atoms with Gasteiger partial charge in [-0.3, -0.25) is 0 Å². The zero-order valence-corrected chi connectivity index (χ0v) is 5.60. The van der Waals surface area contributed by atoms with Gasteiger partial charge in [-0.25, -0.2) is 0 Å². The lowest BCUT2D eigenvalue weighted by molar-refractivity contribution is -0.207. The Morgan fingerprint density at radius 1 is 1.30 bits per heavy atom. The first-order valence-corrected chi connectivity index (χ1v) is 3.36. The molecule has 0 spiro atoms. The Morgan fingerprint density at radius 3 is 2.50 bits per heavy atom. The summed E-state index contributed by atoms with van der Waals surface area (Å²) in [6, 6.07) is 0. The average Bonchev–Trinajstić information content (AvgIpc) is 1.94. The summed E-state index contributed by atoms with van der Waals surface area (Å²) in [6.45, 7) is -0.238. The molecule has 60 valence electrons. The van der Waals surface area contributed by atoms with Crippen LogP contribution in [0.3, 0.4) is 0 Å². The lowest BCUT2D eigenvalue weighted by atomic mass is 10.1. The number of rotatable bonds is 1. The van der Waals surface area contributed by atoms with E-state index < -0.39 is 18.5 Å². The molecule has 1 unspecified atom stereocenters. The highest BCUT2D eigenvalue weighted by Crippen LogP contribution is 2.17. The Labute approximate surface area is 59.1 Å². The lowest BCUT2D eigenvalue weighted by Crippen LogP contribution is -2.40. The van der Waals surface area contributed by atoms with E-state index in [0.29, 0.717) is 12.8 Å². The van der Waals surface area contributed by atoms with E-state index in [1.54, 1.807) is 0 Å². The first kappa shape index (κ1) is 7.94. The third-order valence-corrected chi connectivity index (χ3v) is 1.65. The Hall–Kier alpha value is -0.160. The third kappa shape index (κ3) is 1.67. The number of ether oxygens (including phenoxy) is 1. The van der Waals surface area contributed by atoms with Crippen LogP contribution in [0.5, 0.6) is 0 Å². The van der Waals surface area contributed by atoms with Crippen molar-refractivity contribution in [3.8, 4) is 0 Å². The molecule has 3 N–H and O–H groups in total. The second-order valence-electron chi connectivity index (χ2n) is 2.46. The monoisotopic (exact) mass is 148 g/mol. The van der Waals surface area contributed by atoms with E-state index in [9.17, 15) is 0 Å². The topological polar surface area (TPSA) is 69.9 Å². The minimum atomic E-state index is -0.819. The van der Waals surface area contributed by atoms with Crippen LogP contribution in [0.4, 0.5) is 0 Å². The molecule has 0 aromatic carbocycles. The molecule has 3 atom stereocenters. The van der Waals surface area contributed by atoms with Gasteiger partial charge in [-0.05, 0) is 6.42 Å². The second-order valence-corrected chi connectivity index (χ2v) is 2.46. The third-order valence-electron chi connectivity index (χ3n) is 1.65. The summed E-state index contributed by atoms with van der Waals surface area (Å²) in [5.74, 6) is 0. The van der Waals surface area contributed by atoms with E-state index in [-0.39, 0.29) is 6.61 Å². The highest BCUT2D eigenvalue weighted by molar-refractivity contribution is 4.73. The molecule has 1 fully saturated rings. The fourth-order valence-electron chi connectivity index (χ4n) is 1.02. The van der Waals surface area contributed by atoms with Gasteiger partial charge in [-0.15, -0.1) is 0 Å². The van der Waals surface area contributed by atoms with Gasteiger partial charge in [0.05, 0.1) is 12.7 Å². The maximum Gasteiger partial charge on any atom is 0.155 e. The molecule has 1 rings (SSSR count). The van der Waals surface area contributed by atoms with Crippen molar-refractivity contribution >= 4 is 0 Å². The van der Waals surface area contributed by atoms with Crippen LogP contribution >= 0.6 is 0 Å². The van der Waals surface area contributed by atoms with Crippen LogP contribution in [0, 0.1) is 0 Å². The quantitative estimate of drug-likeness (QED) is 0.438. The van der Waals surface area contributed by atoms with Crippen LogP contribution in [0.15, 0.2) is 0 Å². The van der Waals surface area contributed by atoms with Crippen LogP contribution in [-0.4, -0.2) is 40.4 Å². The van der Waals surface area contributed by atoms with Gasteiger partial charge in [0.1, 0.15) is 6.10 Å². The van der Waals surface area contributed by atoms with Crippen molar-refractivity contribution in [2.24, 2.45) is 0 Å². The Bertz CT molecular complexity index is 106. The summed E-state index contributed by atoms with van der Waals surface area (Å²) >= 11 is 0. The van der Waals surface area contributed by atoms with Gasteiger partial charge in [-0.2, -0.15) is 0 Å². The molecule has 0 amide bonds. The minimum absolute atomic E-state index is 0.238. The zero-order valence-electron chi connectivity index (χ0n) is 5.60. The summed E-state index contributed by atoms with van der Waals surface area (Å²) in [7, 11) is 0. The van der Waals surface area contributed by atoms with Crippen molar-refractivity contribution in [2.45, 2.75) is 31.3 Å². The van der Waals surface area contributed by atoms with Crippen LogP contribution in [-0.2, 0) is 4.74 Å². The van der Waals surface area contributed by atoms with Gasteiger partial charge in [0.25, 0.3) is 0 Å². The SMILES string of the molecule is OCC1O[C@H](O)CC[C@@H]1O. The summed E-state index contributed by atoms with van der Waals surface area (Å²) in [4.78, 5) is 0. The maximum atomic E-state index is 9.09. The molecule has 1 heterocycles. The first-order chi connectivity index (χ1) is 4.74. The minimum Gasteiger partial charge on any atom is -0.394 e. The Morgan fingerprint density at radius 2 is 2.00 bits per heavy atom. The molecule has 0 aliphatic carbocycles. The fraction of sp³-hybridized carbons (Fsp3) is 1.00. The highest BCUT2D eigenvalue weighted by atomic mass is 16.6. The number of hydrogen-bond acceptors (Lipinski definition) is 4. The number of aliphatic hydroxyl groups is 3. The van der Waals surface area contributed by atoms with Crippen molar-refractivity contribution in [3.05, 3.63) is 0 Å². The molecule has 1 saturated heterocycles. The van der Waals surface area contributed by atoms with Crippen LogP contribution in [0.25, 0.3) is 0 Å². The zero-order chi connectivity index (χ0) is 7.56. The van der Waals surface area contributed by atoms with Gasteiger partial charge < -0.3 is 20.1 Å². The van der Waals surface area contributed by atoms with E-state index in [2.05, 4.69) is 0 Å². The Kier molecular flexibility index (Phi) is 2.62. The van der Waals surface area contributed by atoms with Gasteiger partial charge in [0, 0.05) is 6.42 Å². The molecule has 0 saturated carbocycles. The maximum absolute atomic E-state index is 9.09. The Balaban J connectivity index is 2.38. The van der Waals surface area contributed by atoms with E-state index in [0.717, 1.165) is 0 Å². The highest BCUT2D eigenvalue weighted by Gasteiger charge is 2.27. The molecule has 0 aromatic heterocycles. The van der Waals surface area contributed by atoms with Crippen molar-refractivity contribution < 1.29 is 20.1 Å². The number of hydrogen-bond donors (Lipinski definition) is 3. The molecular weight excluding hydrogens is 136 g/mol. The molecule has 4 heteroatoms. The predicted octanol–water partition coefficient (Wildman–Crippen LogP) is -1.16. The van der Waals surface area contributed by atoms with Gasteiger partial charge in [-0.1, -0.05) is 0 Å². The molecule has 10 heavy (non-hydrogen) atoms. The molecule has 0 aromatic rings. The predicted molar refractivity (Wildman–Crippen MR) is 33.2 cm³/mol. The van der Waals surface area contributed by atoms with Gasteiger partial charge in [0.2, 0.25) is 0 Å². The van der Waals surface area contributed by atoms with Gasteiger partial charge in [0.15, 0.2) is 6.29 Å². The fourth-order valence-corrected chi connectivity index (χ4v) is 1.02. The molecule has 1 aliphatic rings. The first-order valence-electron chi connectivity index (χ1n) is 3.36. The van der Waals surface area contributed by atoms with E-state index in [1.807, 2.05) is 0 Å². The van der Waals surface area contributed by atoms with Gasteiger partial charge >= 0.3 is 0 Å². The van der Waals surface area contributed by atoms with Crippen LogP contribution < -0.4 is 0 Å².